The molecule has 26 heavy (non-hydrogen) atoms. The van der Waals surface area contributed by atoms with Gasteiger partial charge in [-0.3, -0.25) is 4.79 Å². The van der Waals surface area contributed by atoms with Crippen LogP contribution in [0.4, 0.5) is 0 Å². The summed E-state index contributed by atoms with van der Waals surface area (Å²) in [5.74, 6) is 1.38. The van der Waals surface area contributed by atoms with Crippen LogP contribution in [0.2, 0.25) is 0 Å². The van der Waals surface area contributed by atoms with Crippen LogP contribution < -0.4 is 10.6 Å². The molecule has 0 bridgehead atoms. The zero-order valence-corrected chi connectivity index (χ0v) is 18.1. The summed E-state index contributed by atoms with van der Waals surface area (Å²) in [6.45, 7) is 5.98. The molecule has 146 valence electrons. The van der Waals surface area contributed by atoms with Crippen molar-refractivity contribution < 1.29 is 9.53 Å². The SMILES string of the molecule is CCNC(=NCC(=O)NCCOC)N1CCC(Cc2ccccc2)C1.I. The number of halogens is 1. The number of ether oxygens (including phenoxy) is 1. The number of amides is 1. The van der Waals surface area contributed by atoms with E-state index < -0.39 is 0 Å². The molecule has 0 aliphatic carbocycles. The maximum absolute atomic E-state index is 11.8. The number of nitrogens with zero attached hydrogens (tertiary/aromatic N) is 2. The zero-order valence-electron chi connectivity index (χ0n) is 15.7. The molecule has 1 aromatic carbocycles. The molecule has 1 amide bonds. The number of benzene rings is 1. The number of aliphatic imine (C=N–C) groups is 1. The van der Waals surface area contributed by atoms with Gasteiger partial charge in [0.15, 0.2) is 5.96 Å². The van der Waals surface area contributed by atoms with Crippen LogP contribution in [0.15, 0.2) is 35.3 Å². The Hall–Kier alpha value is -1.35. The predicted molar refractivity (Wildman–Crippen MR) is 116 cm³/mol. The lowest BCUT2D eigenvalue weighted by molar-refractivity contribution is -0.119. The molecule has 0 radical (unpaired) electrons. The van der Waals surface area contributed by atoms with Crippen molar-refractivity contribution in [1.29, 1.82) is 0 Å². The van der Waals surface area contributed by atoms with Gasteiger partial charge in [0.05, 0.1) is 6.61 Å². The van der Waals surface area contributed by atoms with Crippen molar-refractivity contribution in [2.24, 2.45) is 10.9 Å². The van der Waals surface area contributed by atoms with Crippen molar-refractivity contribution in [3.8, 4) is 0 Å². The van der Waals surface area contributed by atoms with Gasteiger partial charge in [0.2, 0.25) is 5.91 Å². The number of hydrogen-bond acceptors (Lipinski definition) is 3. The summed E-state index contributed by atoms with van der Waals surface area (Å²) >= 11 is 0. The first kappa shape index (κ1) is 22.7. The third kappa shape index (κ3) is 7.90. The average molecular weight is 474 g/mol. The molecule has 0 spiro atoms. The molecule has 1 heterocycles. The topological polar surface area (TPSA) is 66.0 Å². The van der Waals surface area contributed by atoms with Gasteiger partial charge in [0.25, 0.3) is 0 Å². The minimum Gasteiger partial charge on any atom is -0.383 e. The van der Waals surface area contributed by atoms with Gasteiger partial charge in [-0.2, -0.15) is 0 Å². The van der Waals surface area contributed by atoms with E-state index in [0.717, 1.165) is 38.4 Å². The maximum Gasteiger partial charge on any atom is 0.241 e. The molecule has 1 aliphatic rings. The Morgan fingerprint density at radius 3 is 2.77 bits per heavy atom. The van der Waals surface area contributed by atoms with Gasteiger partial charge in [-0.1, -0.05) is 30.3 Å². The molecule has 1 fully saturated rings. The van der Waals surface area contributed by atoms with Gasteiger partial charge < -0.3 is 20.3 Å². The first-order valence-electron chi connectivity index (χ1n) is 9.05. The van der Waals surface area contributed by atoms with E-state index in [-0.39, 0.29) is 36.4 Å². The zero-order chi connectivity index (χ0) is 17.9. The number of guanidine groups is 1. The summed E-state index contributed by atoms with van der Waals surface area (Å²) < 4.78 is 4.93. The second-order valence-electron chi connectivity index (χ2n) is 6.30. The van der Waals surface area contributed by atoms with Crippen LogP contribution in [0, 0.1) is 5.92 Å². The molecule has 7 heteroatoms. The molecule has 2 N–H and O–H groups in total. The Balaban J connectivity index is 0.00000338. The summed E-state index contributed by atoms with van der Waals surface area (Å²) in [6, 6.07) is 10.6. The van der Waals surface area contributed by atoms with E-state index in [1.54, 1.807) is 7.11 Å². The summed E-state index contributed by atoms with van der Waals surface area (Å²) in [5.41, 5.74) is 1.38. The van der Waals surface area contributed by atoms with Crippen LogP contribution in [-0.2, 0) is 16.0 Å². The number of rotatable bonds is 8. The number of carbonyl (C=O) groups excluding carboxylic acids is 1. The molecule has 6 nitrogen and oxygen atoms in total. The molecular weight excluding hydrogens is 443 g/mol. The molecule has 0 aromatic heterocycles. The molecular formula is C19H31IN4O2. The summed E-state index contributed by atoms with van der Waals surface area (Å²) in [5, 5.41) is 6.10. The van der Waals surface area contributed by atoms with E-state index >= 15 is 0 Å². The van der Waals surface area contributed by atoms with Gasteiger partial charge >= 0.3 is 0 Å². The highest BCUT2D eigenvalue weighted by atomic mass is 127. The Morgan fingerprint density at radius 2 is 2.08 bits per heavy atom. The normalized spacial score (nSPS) is 16.9. The second-order valence-corrected chi connectivity index (χ2v) is 6.30. The predicted octanol–water partition coefficient (Wildman–Crippen LogP) is 1.90. The smallest absolute Gasteiger partial charge is 0.241 e. The second kappa shape index (κ2) is 12.9. The van der Waals surface area contributed by atoms with Gasteiger partial charge in [-0.05, 0) is 31.2 Å². The number of carbonyl (C=O) groups is 1. The van der Waals surface area contributed by atoms with Gasteiger partial charge in [-0.15, -0.1) is 24.0 Å². The molecule has 0 saturated carbocycles. The summed E-state index contributed by atoms with van der Waals surface area (Å²) in [7, 11) is 1.62. The van der Waals surface area contributed by atoms with Gasteiger partial charge in [0, 0.05) is 33.3 Å². The Bertz CT molecular complexity index is 554. The fraction of sp³-hybridized carbons (Fsp3) is 0.579. The molecule has 1 unspecified atom stereocenters. The van der Waals surface area contributed by atoms with Crippen molar-refractivity contribution in [3.63, 3.8) is 0 Å². The van der Waals surface area contributed by atoms with Crippen molar-refractivity contribution in [2.45, 2.75) is 19.8 Å². The fourth-order valence-corrected chi connectivity index (χ4v) is 3.06. The van der Waals surface area contributed by atoms with Crippen LogP contribution in [-0.4, -0.2) is 63.2 Å². The Labute approximate surface area is 173 Å². The minimum absolute atomic E-state index is 0. The van der Waals surface area contributed by atoms with Crippen molar-refractivity contribution >= 4 is 35.8 Å². The maximum atomic E-state index is 11.8. The lowest BCUT2D eigenvalue weighted by atomic mass is 9.99. The highest BCUT2D eigenvalue weighted by Crippen LogP contribution is 2.20. The number of likely N-dealkylation sites (tertiary alicyclic amines) is 1. The van der Waals surface area contributed by atoms with Gasteiger partial charge in [0.1, 0.15) is 6.54 Å². The lowest BCUT2D eigenvalue weighted by Crippen LogP contribution is -2.41. The molecule has 2 rings (SSSR count). The average Bonchev–Trinajstić information content (AvgIpc) is 3.08. The van der Waals surface area contributed by atoms with Crippen LogP contribution in [0.5, 0.6) is 0 Å². The van der Waals surface area contributed by atoms with Gasteiger partial charge in [-0.25, -0.2) is 4.99 Å². The highest BCUT2D eigenvalue weighted by molar-refractivity contribution is 14.0. The number of nitrogens with one attached hydrogen (secondary N) is 2. The third-order valence-corrected chi connectivity index (χ3v) is 4.29. The van der Waals surface area contributed by atoms with Crippen molar-refractivity contribution in [2.75, 3.05) is 46.4 Å². The van der Waals surface area contributed by atoms with E-state index in [1.165, 1.54) is 5.56 Å². The lowest BCUT2D eigenvalue weighted by Gasteiger charge is -2.21. The summed E-state index contributed by atoms with van der Waals surface area (Å²) in [4.78, 5) is 18.6. The minimum atomic E-state index is -0.0764. The molecule has 1 aromatic rings. The molecule has 1 aliphatic heterocycles. The van der Waals surface area contributed by atoms with Crippen LogP contribution in [0.1, 0.15) is 18.9 Å². The molecule has 1 atom stereocenters. The van der Waals surface area contributed by atoms with E-state index in [2.05, 4.69) is 50.9 Å². The van der Waals surface area contributed by atoms with Crippen LogP contribution in [0.3, 0.4) is 0 Å². The van der Waals surface area contributed by atoms with E-state index in [9.17, 15) is 4.79 Å². The molecule has 1 saturated heterocycles. The number of hydrogen-bond donors (Lipinski definition) is 2. The van der Waals surface area contributed by atoms with Crippen molar-refractivity contribution in [1.82, 2.24) is 15.5 Å². The first-order valence-corrected chi connectivity index (χ1v) is 9.05. The van der Waals surface area contributed by atoms with E-state index in [4.69, 9.17) is 4.74 Å². The van der Waals surface area contributed by atoms with Crippen LogP contribution >= 0.6 is 24.0 Å². The van der Waals surface area contributed by atoms with E-state index in [1.807, 2.05) is 6.92 Å². The number of methoxy groups -OCH3 is 1. The fourth-order valence-electron chi connectivity index (χ4n) is 3.06. The third-order valence-electron chi connectivity index (χ3n) is 4.29. The Kier molecular flexibility index (Phi) is 11.3. The van der Waals surface area contributed by atoms with Crippen LogP contribution in [0.25, 0.3) is 0 Å². The standard InChI is InChI=1S/C19H30N4O2.HI/c1-3-20-19(22-14-18(24)21-10-12-25-2)23-11-9-17(15-23)13-16-7-5-4-6-8-16;/h4-8,17H,3,9-15H2,1-2H3,(H,20,22)(H,21,24);1H. The summed E-state index contributed by atoms with van der Waals surface area (Å²) in [6.07, 6.45) is 2.24. The Morgan fingerprint density at radius 1 is 1.31 bits per heavy atom. The monoisotopic (exact) mass is 474 g/mol. The quantitative estimate of drug-likeness (QED) is 0.262. The van der Waals surface area contributed by atoms with Crippen molar-refractivity contribution in [3.05, 3.63) is 35.9 Å². The first-order chi connectivity index (χ1) is 12.2. The largest absolute Gasteiger partial charge is 0.383 e. The van der Waals surface area contributed by atoms with E-state index in [0.29, 0.717) is 19.1 Å². The highest BCUT2D eigenvalue weighted by Gasteiger charge is 2.25.